The second-order valence-electron chi connectivity index (χ2n) is 10.1. The minimum absolute atomic E-state index is 0.0561. The first-order valence-electron chi connectivity index (χ1n) is 13.2. The Labute approximate surface area is 246 Å². The van der Waals surface area contributed by atoms with E-state index in [1.807, 2.05) is 60.7 Å². The number of amides is 2. The van der Waals surface area contributed by atoms with Crippen LogP contribution in [0.4, 0.5) is 5.69 Å². The van der Waals surface area contributed by atoms with Crippen molar-refractivity contribution in [2.75, 3.05) is 17.1 Å². The highest BCUT2D eigenvalue weighted by atomic mass is 35.5. The van der Waals surface area contributed by atoms with Crippen LogP contribution in [0, 0.1) is 0 Å². The van der Waals surface area contributed by atoms with Gasteiger partial charge in [-0.15, -0.1) is 0 Å². The first-order chi connectivity index (χ1) is 19.1. The van der Waals surface area contributed by atoms with Crippen LogP contribution in [0.15, 0.2) is 78.9 Å². The molecule has 2 amide bonds. The number of carbonyl (C=O) groups is 2. The summed E-state index contributed by atoms with van der Waals surface area (Å²) in [5, 5.41) is 3.63. The summed E-state index contributed by atoms with van der Waals surface area (Å²) < 4.78 is 26.7. The third kappa shape index (κ3) is 8.22. The largest absolute Gasteiger partial charge is 0.352 e. The van der Waals surface area contributed by atoms with Crippen LogP contribution in [-0.4, -0.2) is 50.0 Å². The molecule has 3 aromatic rings. The summed E-state index contributed by atoms with van der Waals surface area (Å²) in [5.74, 6) is -0.774. The van der Waals surface area contributed by atoms with Gasteiger partial charge in [0.05, 0.1) is 11.9 Å². The Morgan fingerprint density at radius 3 is 2.00 bits per heavy atom. The predicted molar refractivity (Wildman–Crippen MR) is 160 cm³/mol. The van der Waals surface area contributed by atoms with Crippen LogP contribution in [0.5, 0.6) is 0 Å². The van der Waals surface area contributed by atoms with Crippen LogP contribution < -0.4 is 9.62 Å². The number of rotatable bonds is 11. The molecule has 1 atom stereocenters. The van der Waals surface area contributed by atoms with E-state index in [4.69, 9.17) is 23.2 Å². The normalized spacial score (nSPS) is 14.5. The van der Waals surface area contributed by atoms with E-state index in [2.05, 4.69) is 5.32 Å². The van der Waals surface area contributed by atoms with E-state index in [0.717, 1.165) is 47.4 Å². The highest BCUT2D eigenvalue weighted by Gasteiger charge is 2.34. The van der Waals surface area contributed by atoms with Crippen LogP contribution in [0.25, 0.3) is 0 Å². The fourth-order valence-corrected chi connectivity index (χ4v) is 6.35. The summed E-state index contributed by atoms with van der Waals surface area (Å²) in [4.78, 5) is 29.4. The molecule has 0 aromatic heterocycles. The molecule has 40 heavy (non-hydrogen) atoms. The lowest BCUT2D eigenvalue weighted by atomic mass is 10.0. The van der Waals surface area contributed by atoms with Gasteiger partial charge in [0, 0.05) is 29.1 Å². The van der Waals surface area contributed by atoms with Gasteiger partial charge in [-0.2, -0.15) is 0 Å². The van der Waals surface area contributed by atoms with Gasteiger partial charge >= 0.3 is 0 Å². The SMILES string of the molecule is CS(=O)(=O)N(CC(=O)N(Cc1ccccc1)[C@@H](Cc1ccccc1)C(=O)NC1CCCC1)c1cc(Cl)cc(Cl)c1. The summed E-state index contributed by atoms with van der Waals surface area (Å²) in [5.41, 5.74) is 1.88. The Morgan fingerprint density at radius 2 is 1.45 bits per heavy atom. The molecule has 3 aromatic carbocycles. The van der Waals surface area contributed by atoms with E-state index in [9.17, 15) is 18.0 Å². The predicted octanol–water partition coefficient (Wildman–Crippen LogP) is 5.46. The molecular formula is C30H33Cl2N3O4S. The minimum atomic E-state index is -3.91. The molecule has 1 fully saturated rings. The van der Waals surface area contributed by atoms with Crippen molar-refractivity contribution >= 4 is 50.7 Å². The van der Waals surface area contributed by atoms with Crippen molar-refractivity contribution in [3.63, 3.8) is 0 Å². The number of nitrogens with one attached hydrogen (secondary N) is 1. The quantitative estimate of drug-likeness (QED) is 0.316. The minimum Gasteiger partial charge on any atom is -0.352 e. The number of nitrogens with zero attached hydrogens (tertiary/aromatic N) is 2. The van der Waals surface area contributed by atoms with Gasteiger partial charge in [-0.1, -0.05) is 96.7 Å². The lowest BCUT2D eigenvalue weighted by molar-refractivity contribution is -0.140. The zero-order valence-electron chi connectivity index (χ0n) is 22.3. The molecule has 10 heteroatoms. The molecule has 4 rings (SSSR count). The lowest BCUT2D eigenvalue weighted by Crippen LogP contribution is -2.54. The number of halogens is 2. The summed E-state index contributed by atoms with van der Waals surface area (Å²) >= 11 is 12.3. The monoisotopic (exact) mass is 601 g/mol. The van der Waals surface area contributed by atoms with Gasteiger partial charge in [0.1, 0.15) is 12.6 Å². The van der Waals surface area contributed by atoms with Crippen LogP contribution in [-0.2, 0) is 32.6 Å². The number of carbonyl (C=O) groups excluding carboxylic acids is 2. The van der Waals surface area contributed by atoms with Crippen molar-refractivity contribution in [1.29, 1.82) is 0 Å². The van der Waals surface area contributed by atoms with Crippen LogP contribution >= 0.6 is 23.2 Å². The van der Waals surface area contributed by atoms with Crippen molar-refractivity contribution in [3.05, 3.63) is 100 Å². The molecule has 0 bridgehead atoms. The van der Waals surface area contributed by atoms with E-state index in [1.165, 1.54) is 23.1 Å². The summed E-state index contributed by atoms with van der Waals surface area (Å²) in [6.07, 6.45) is 5.19. The zero-order chi connectivity index (χ0) is 28.7. The maximum Gasteiger partial charge on any atom is 0.244 e. The summed E-state index contributed by atoms with van der Waals surface area (Å²) in [7, 11) is -3.91. The maximum absolute atomic E-state index is 14.1. The Hall–Kier alpha value is -3.07. The summed E-state index contributed by atoms with van der Waals surface area (Å²) in [6, 6.07) is 22.4. The van der Waals surface area contributed by atoms with Crippen LogP contribution in [0.3, 0.4) is 0 Å². The number of hydrogen-bond donors (Lipinski definition) is 1. The molecule has 7 nitrogen and oxygen atoms in total. The topological polar surface area (TPSA) is 86.8 Å². The molecule has 1 aliphatic rings. The molecule has 0 heterocycles. The Bertz CT molecular complexity index is 1400. The fourth-order valence-electron chi connectivity index (χ4n) is 5.00. The standard InChI is InChI=1S/C30H33Cl2N3O4S/c1-40(38,39)35(27-18-24(31)17-25(32)19-27)21-29(36)34(20-23-12-6-3-7-13-23)28(16-22-10-4-2-5-11-22)30(37)33-26-14-8-9-15-26/h2-7,10-13,17-19,26,28H,8-9,14-16,20-21H2,1H3,(H,33,37)/t28-/m0/s1. The fraction of sp³-hybridized carbons (Fsp3) is 0.333. The molecule has 1 N–H and O–H groups in total. The van der Waals surface area contributed by atoms with Gasteiger partial charge in [0.15, 0.2) is 0 Å². The molecular weight excluding hydrogens is 569 g/mol. The van der Waals surface area contributed by atoms with Gasteiger partial charge in [-0.3, -0.25) is 13.9 Å². The van der Waals surface area contributed by atoms with Gasteiger partial charge in [0.25, 0.3) is 0 Å². The van der Waals surface area contributed by atoms with Crippen LogP contribution in [0.2, 0.25) is 10.0 Å². The van der Waals surface area contributed by atoms with Crippen molar-refractivity contribution in [2.24, 2.45) is 0 Å². The van der Waals surface area contributed by atoms with Gasteiger partial charge in [-0.05, 0) is 42.2 Å². The van der Waals surface area contributed by atoms with Crippen molar-refractivity contribution in [1.82, 2.24) is 10.2 Å². The maximum atomic E-state index is 14.1. The lowest BCUT2D eigenvalue weighted by Gasteiger charge is -2.34. The molecule has 0 spiro atoms. The number of benzene rings is 3. The van der Waals surface area contributed by atoms with Gasteiger partial charge < -0.3 is 10.2 Å². The summed E-state index contributed by atoms with van der Waals surface area (Å²) in [6.45, 7) is -0.395. The Balaban J connectivity index is 1.72. The van der Waals surface area contributed by atoms with E-state index < -0.39 is 28.5 Å². The van der Waals surface area contributed by atoms with E-state index >= 15 is 0 Å². The van der Waals surface area contributed by atoms with Gasteiger partial charge in [0.2, 0.25) is 21.8 Å². The molecule has 212 valence electrons. The first-order valence-corrected chi connectivity index (χ1v) is 15.8. The average Bonchev–Trinajstić information content (AvgIpc) is 3.42. The first kappa shape index (κ1) is 29.9. The Kier molecular flexibility index (Phi) is 10.1. The highest BCUT2D eigenvalue weighted by molar-refractivity contribution is 7.92. The number of sulfonamides is 1. The van der Waals surface area contributed by atoms with Crippen molar-refractivity contribution in [2.45, 2.75) is 50.7 Å². The van der Waals surface area contributed by atoms with E-state index in [0.29, 0.717) is 0 Å². The molecule has 1 aliphatic carbocycles. The number of hydrogen-bond acceptors (Lipinski definition) is 4. The third-order valence-electron chi connectivity index (χ3n) is 6.98. The van der Waals surface area contributed by atoms with Gasteiger partial charge in [-0.25, -0.2) is 8.42 Å². The van der Waals surface area contributed by atoms with E-state index in [-0.39, 0.29) is 40.6 Å². The van der Waals surface area contributed by atoms with Crippen molar-refractivity contribution in [3.8, 4) is 0 Å². The van der Waals surface area contributed by atoms with Crippen molar-refractivity contribution < 1.29 is 18.0 Å². The molecule has 0 aliphatic heterocycles. The number of anilines is 1. The smallest absolute Gasteiger partial charge is 0.244 e. The van der Waals surface area contributed by atoms with Crippen LogP contribution in [0.1, 0.15) is 36.8 Å². The highest BCUT2D eigenvalue weighted by Crippen LogP contribution is 2.28. The average molecular weight is 603 g/mol. The second kappa shape index (κ2) is 13.5. The second-order valence-corrected chi connectivity index (χ2v) is 12.9. The Morgan fingerprint density at radius 1 is 0.900 bits per heavy atom. The molecule has 0 unspecified atom stereocenters. The zero-order valence-corrected chi connectivity index (χ0v) is 24.6. The molecule has 0 saturated heterocycles. The molecule has 1 saturated carbocycles. The van der Waals surface area contributed by atoms with E-state index in [1.54, 1.807) is 0 Å². The molecule has 0 radical (unpaired) electrons. The third-order valence-corrected chi connectivity index (χ3v) is 8.56.